The fourth-order valence-electron chi connectivity index (χ4n) is 3.03. The highest BCUT2D eigenvalue weighted by Gasteiger charge is 2.28. The zero-order valence-electron chi connectivity index (χ0n) is 13.1. The van der Waals surface area contributed by atoms with Gasteiger partial charge in [0, 0.05) is 18.5 Å². The molecule has 2 aromatic carbocycles. The normalized spacial score (nSPS) is 17.3. The molecule has 23 heavy (non-hydrogen) atoms. The van der Waals surface area contributed by atoms with E-state index < -0.39 is 0 Å². The molecule has 0 aliphatic carbocycles. The lowest BCUT2D eigenvalue weighted by molar-refractivity contribution is -0.141. The van der Waals surface area contributed by atoms with E-state index in [0.717, 1.165) is 22.9 Å². The lowest BCUT2D eigenvalue weighted by atomic mass is 10.1. The predicted molar refractivity (Wildman–Crippen MR) is 89.3 cm³/mol. The smallest absolute Gasteiger partial charge is 0.321 e. The zero-order valence-corrected chi connectivity index (χ0v) is 13.1. The highest BCUT2D eigenvalue weighted by atomic mass is 16.5. The van der Waals surface area contributed by atoms with Crippen molar-refractivity contribution in [2.45, 2.75) is 12.8 Å². The molecule has 0 aromatic heterocycles. The second-order valence-corrected chi connectivity index (χ2v) is 5.84. The van der Waals surface area contributed by atoms with Crippen LogP contribution in [0.2, 0.25) is 0 Å². The summed E-state index contributed by atoms with van der Waals surface area (Å²) in [5, 5.41) is 5.10. The van der Waals surface area contributed by atoms with Gasteiger partial charge < -0.3 is 15.0 Å². The van der Waals surface area contributed by atoms with Crippen molar-refractivity contribution < 1.29 is 14.3 Å². The van der Waals surface area contributed by atoms with Crippen LogP contribution in [0.3, 0.4) is 0 Å². The molecule has 3 rings (SSSR count). The Kier molecular flexibility index (Phi) is 4.46. The van der Waals surface area contributed by atoms with E-state index in [2.05, 4.69) is 5.32 Å². The summed E-state index contributed by atoms with van der Waals surface area (Å²) in [5.74, 6) is -0.0352. The summed E-state index contributed by atoms with van der Waals surface area (Å²) in [6.45, 7) is 1.25. The van der Waals surface area contributed by atoms with Gasteiger partial charge in [0.15, 0.2) is 0 Å². The molecule has 0 spiro atoms. The molecule has 5 heteroatoms. The molecule has 5 nitrogen and oxygen atoms in total. The number of hydrogen-bond acceptors (Lipinski definition) is 3. The standard InChI is InChI=1S/C18H20N2O3/c1-23-17(21)11-13-9-10-20(12-13)18(22)19-16-8-4-6-14-5-2-3-7-15(14)16/h2-8,13H,9-12H2,1H3,(H,19,22)/t13-/m0/s1. The molecule has 1 atom stereocenters. The summed E-state index contributed by atoms with van der Waals surface area (Å²) < 4.78 is 4.69. The number of ether oxygens (including phenoxy) is 1. The molecular weight excluding hydrogens is 292 g/mol. The van der Waals surface area contributed by atoms with Crippen LogP contribution in [-0.4, -0.2) is 37.1 Å². The third-order valence-electron chi connectivity index (χ3n) is 4.29. The number of hydrogen-bond donors (Lipinski definition) is 1. The van der Waals surface area contributed by atoms with Crippen molar-refractivity contribution in [2.75, 3.05) is 25.5 Å². The second-order valence-electron chi connectivity index (χ2n) is 5.84. The molecule has 0 saturated carbocycles. The van der Waals surface area contributed by atoms with E-state index in [1.54, 1.807) is 4.90 Å². The molecule has 0 unspecified atom stereocenters. The molecule has 0 radical (unpaired) electrons. The van der Waals surface area contributed by atoms with E-state index in [1.165, 1.54) is 7.11 Å². The topological polar surface area (TPSA) is 58.6 Å². The van der Waals surface area contributed by atoms with Gasteiger partial charge >= 0.3 is 12.0 Å². The van der Waals surface area contributed by atoms with Crippen molar-refractivity contribution in [3.8, 4) is 0 Å². The van der Waals surface area contributed by atoms with Crippen LogP contribution < -0.4 is 5.32 Å². The van der Waals surface area contributed by atoms with E-state index in [1.807, 2.05) is 42.5 Å². The minimum Gasteiger partial charge on any atom is -0.469 e. The number of nitrogens with one attached hydrogen (secondary N) is 1. The minimum absolute atomic E-state index is 0.117. The highest BCUT2D eigenvalue weighted by molar-refractivity contribution is 6.01. The Morgan fingerprint density at radius 1 is 1.22 bits per heavy atom. The summed E-state index contributed by atoms with van der Waals surface area (Å²) in [5.41, 5.74) is 0.810. The summed E-state index contributed by atoms with van der Waals surface area (Å²) in [6, 6.07) is 13.7. The third-order valence-corrected chi connectivity index (χ3v) is 4.29. The number of fused-ring (bicyclic) bond motifs is 1. The average Bonchev–Trinajstić information content (AvgIpc) is 3.03. The fraction of sp³-hybridized carbons (Fsp3) is 0.333. The number of likely N-dealkylation sites (tertiary alicyclic amines) is 1. The van der Waals surface area contributed by atoms with Crippen molar-refractivity contribution in [1.29, 1.82) is 0 Å². The summed E-state index contributed by atoms with van der Waals surface area (Å²) >= 11 is 0. The van der Waals surface area contributed by atoms with Gasteiger partial charge in [0.25, 0.3) is 0 Å². The quantitative estimate of drug-likeness (QED) is 0.885. The van der Waals surface area contributed by atoms with E-state index in [9.17, 15) is 9.59 Å². The molecule has 120 valence electrons. The molecule has 2 amide bonds. The lowest BCUT2D eigenvalue weighted by Gasteiger charge is -2.18. The Morgan fingerprint density at radius 2 is 2.00 bits per heavy atom. The molecule has 1 saturated heterocycles. The number of benzene rings is 2. The molecule has 0 bridgehead atoms. The van der Waals surface area contributed by atoms with Crippen LogP contribution in [-0.2, 0) is 9.53 Å². The number of carbonyl (C=O) groups excluding carboxylic acids is 2. The molecule has 1 N–H and O–H groups in total. The number of esters is 1. The van der Waals surface area contributed by atoms with Crippen molar-refractivity contribution in [2.24, 2.45) is 5.92 Å². The Labute approximate surface area is 135 Å². The molecule has 1 aliphatic rings. The molecule has 2 aromatic rings. The first-order chi connectivity index (χ1) is 11.2. The van der Waals surface area contributed by atoms with E-state index >= 15 is 0 Å². The van der Waals surface area contributed by atoms with Crippen molar-refractivity contribution in [3.05, 3.63) is 42.5 Å². The van der Waals surface area contributed by atoms with Gasteiger partial charge in [-0.05, 0) is 23.8 Å². The Morgan fingerprint density at radius 3 is 2.83 bits per heavy atom. The predicted octanol–water partition coefficient (Wildman–Crippen LogP) is 3.26. The first-order valence-corrected chi connectivity index (χ1v) is 7.78. The summed E-state index contributed by atoms with van der Waals surface area (Å²) in [4.78, 5) is 25.6. The van der Waals surface area contributed by atoms with Crippen LogP contribution in [0.1, 0.15) is 12.8 Å². The molecular formula is C18H20N2O3. The van der Waals surface area contributed by atoms with Gasteiger partial charge in [-0.3, -0.25) is 4.79 Å². The van der Waals surface area contributed by atoms with Crippen molar-refractivity contribution >= 4 is 28.5 Å². The number of amides is 2. The zero-order chi connectivity index (χ0) is 16.2. The number of anilines is 1. The molecule has 1 aliphatic heterocycles. The van der Waals surface area contributed by atoms with Crippen LogP contribution in [0, 0.1) is 5.92 Å². The highest BCUT2D eigenvalue weighted by Crippen LogP contribution is 2.25. The van der Waals surface area contributed by atoms with E-state index in [0.29, 0.717) is 19.5 Å². The first-order valence-electron chi connectivity index (χ1n) is 7.78. The maximum Gasteiger partial charge on any atom is 0.321 e. The Hall–Kier alpha value is -2.56. The fourth-order valence-corrected chi connectivity index (χ4v) is 3.03. The number of rotatable bonds is 3. The van der Waals surface area contributed by atoms with Gasteiger partial charge in [0.05, 0.1) is 19.2 Å². The van der Waals surface area contributed by atoms with Crippen molar-refractivity contribution in [3.63, 3.8) is 0 Å². The number of nitrogens with zero attached hydrogens (tertiary/aromatic N) is 1. The molecule has 1 fully saturated rings. The Balaban J connectivity index is 1.66. The van der Waals surface area contributed by atoms with Gasteiger partial charge in [-0.25, -0.2) is 4.79 Å². The van der Waals surface area contributed by atoms with Gasteiger partial charge in [-0.2, -0.15) is 0 Å². The average molecular weight is 312 g/mol. The number of methoxy groups -OCH3 is 1. The maximum atomic E-state index is 12.5. The monoisotopic (exact) mass is 312 g/mol. The minimum atomic E-state index is -0.216. The number of carbonyl (C=O) groups is 2. The van der Waals surface area contributed by atoms with Crippen LogP contribution in [0.4, 0.5) is 10.5 Å². The van der Waals surface area contributed by atoms with Gasteiger partial charge in [0.1, 0.15) is 0 Å². The first kappa shape index (κ1) is 15.3. The van der Waals surface area contributed by atoms with E-state index in [-0.39, 0.29) is 17.9 Å². The second kappa shape index (κ2) is 6.69. The lowest BCUT2D eigenvalue weighted by Crippen LogP contribution is -2.33. The molecule has 1 heterocycles. The third kappa shape index (κ3) is 3.44. The largest absolute Gasteiger partial charge is 0.469 e. The maximum absolute atomic E-state index is 12.5. The summed E-state index contributed by atoms with van der Waals surface area (Å²) in [7, 11) is 1.39. The van der Waals surface area contributed by atoms with Gasteiger partial charge in [-0.15, -0.1) is 0 Å². The van der Waals surface area contributed by atoms with Crippen LogP contribution in [0.25, 0.3) is 10.8 Å². The number of urea groups is 1. The van der Waals surface area contributed by atoms with Crippen molar-refractivity contribution in [1.82, 2.24) is 4.90 Å². The van der Waals surface area contributed by atoms with Gasteiger partial charge in [0.2, 0.25) is 0 Å². The van der Waals surface area contributed by atoms with Crippen LogP contribution in [0.5, 0.6) is 0 Å². The Bertz CT molecular complexity index is 724. The van der Waals surface area contributed by atoms with Crippen LogP contribution >= 0.6 is 0 Å². The van der Waals surface area contributed by atoms with E-state index in [4.69, 9.17) is 4.74 Å². The SMILES string of the molecule is COC(=O)C[C@@H]1CCN(C(=O)Nc2cccc3ccccc23)C1. The van der Waals surface area contributed by atoms with Gasteiger partial charge in [-0.1, -0.05) is 36.4 Å². The van der Waals surface area contributed by atoms with Crippen LogP contribution in [0.15, 0.2) is 42.5 Å². The summed E-state index contributed by atoms with van der Waals surface area (Å²) in [6.07, 6.45) is 1.20.